The molecular weight excluding hydrogens is 264 g/mol. The quantitative estimate of drug-likeness (QED) is 0.451. The van der Waals surface area contributed by atoms with Gasteiger partial charge in [-0.1, -0.05) is 12.2 Å². The Morgan fingerprint density at radius 3 is 2.75 bits per heavy atom. The SMILES string of the molecule is CCOC(C)O[C@H]1C[C@@H](O)[C@@H](CC(=O)O)[C@@H]1C=CCO. The van der Waals surface area contributed by atoms with Gasteiger partial charge in [0, 0.05) is 24.9 Å². The summed E-state index contributed by atoms with van der Waals surface area (Å²) in [6.07, 6.45) is 2.09. The standard InChI is InChI=1S/C14H24O6/c1-3-19-9(2)20-13-8-12(16)11(7-14(17)18)10(13)5-4-6-15/h4-5,9-13,15-16H,3,6-8H2,1-2H3,(H,17,18)/t9?,10-,11-,12+,13-/m0/s1. The van der Waals surface area contributed by atoms with Crippen molar-refractivity contribution < 1.29 is 29.6 Å². The van der Waals surface area contributed by atoms with Crippen molar-refractivity contribution in [2.24, 2.45) is 11.8 Å². The third kappa shape index (κ3) is 4.86. The highest BCUT2D eigenvalue weighted by Crippen LogP contribution is 2.38. The zero-order chi connectivity index (χ0) is 15.1. The van der Waals surface area contributed by atoms with Gasteiger partial charge in [0.1, 0.15) is 0 Å². The number of carboxylic acid groups (broad SMARTS) is 1. The number of carboxylic acids is 1. The molecule has 0 heterocycles. The molecule has 20 heavy (non-hydrogen) atoms. The molecule has 0 aromatic heterocycles. The molecule has 0 amide bonds. The molecule has 1 fully saturated rings. The van der Waals surface area contributed by atoms with E-state index in [2.05, 4.69) is 0 Å². The van der Waals surface area contributed by atoms with Gasteiger partial charge in [0.15, 0.2) is 6.29 Å². The topological polar surface area (TPSA) is 96.2 Å². The van der Waals surface area contributed by atoms with E-state index in [-0.39, 0.29) is 25.0 Å². The van der Waals surface area contributed by atoms with Crippen molar-refractivity contribution in [3.8, 4) is 0 Å². The second kappa shape index (κ2) is 8.36. The summed E-state index contributed by atoms with van der Waals surface area (Å²) in [6, 6.07) is 0. The van der Waals surface area contributed by atoms with Crippen molar-refractivity contribution in [2.75, 3.05) is 13.2 Å². The molecule has 116 valence electrons. The highest BCUT2D eigenvalue weighted by molar-refractivity contribution is 5.67. The molecule has 0 radical (unpaired) electrons. The number of hydrogen-bond acceptors (Lipinski definition) is 5. The molecule has 1 rings (SSSR count). The molecule has 5 atom stereocenters. The van der Waals surface area contributed by atoms with E-state index >= 15 is 0 Å². The first-order chi connectivity index (χ1) is 9.49. The molecule has 0 aliphatic heterocycles. The Labute approximate surface area is 119 Å². The molecule has 1 aliphatic rings. The Hall–Kier alpha value is -0.950. The van der Waals surface area contributed by atoms with E-state index in [9.17, 15) is 9.90 Å². The normalized spacial score (nSPS) is 31.8. The van der Waals surface area contributed by atoms with Crippen LogP contribution in [0.25, 0.3) is 0 Å². The van der Waals surface area contributed by atoms with E-state index in [0.717, 1.165) is 0 Å². The number of aliphatic carboxylic acids is 1. The molecule has 0 aromatic rings. The van der Waals surface area contributed by atoms with Crippen LogP contribution in [0.4, 0.5) is 0 Å². The Balaban J connectivity index is 2.76. The Morgan fingerprint density at radius 1 is 1.50 bits per heavy atom. The van der Waals surface area contributed by atoms with Gasteiger partial charge in [-0.2, -0.15) is 0 Å². The predicted molar refractivity (Wildman–Crippen MR) is 72.0 cm³/mol. The average molecular weight is 288 g/mol. The van der Waals surface area contributed by atoms with Gasteiger partial charge in [-0.05, 0) is 13.8 Å². The summed E-state index contributed by atoms with van der Waals surface area (Å²) in [5.74, 6) is -1.60. The monoisotopic (exact) mass is 288 g/mol. The maximum Gasteiger partial charge on any atom is 0.303 e. The van der Waals surface area contributed by atoms with Crippen LogP contribution < -0.4 is 0 Å². The summed E-state index contributed by atoms with van der Waals surface area (Å²) in [7, 11) is 0. The number of ether oxygens (including phenoxy) is 2. The Kier molecular flexibility index (Phi) is 7.15. The molecule has 0 saturated heterocycles. The van der Waals surface area contributed by atoms with Gasteiger partial charge in [0.05, 0.1) is 25.2 Å². The van der Waals surface area contributed by atoms with Crippen LogP contribution in [0, 0.1) is 11.8 Å². The first-order valence-electron chi connectivity index (χ1n) is 6.94. The summed E-state index contributed by atoms with van der Waals surface area (Å²) in [6.45, 7) is 4.03. The molecule has 0 bridgehead atoms. The lowest BCUT2D eigenvalue weighted by molar-refractivity contribution is -0.163. The smallest absolute Gasteiger partial charge is 0.303 e. The molecule has 6 heteroatoms. The molecule has 1 saturated carbocycles. The van der Waals surface area contributed by atoms with E-state index in [4.69, 9.17) is 19.7 Å². The fraction of sp³-hybridized carbons (Fsp3) is 0.786. The Bertz CT molecular complexity index is 330. The van der Waals surface area contributed by atoms with Crippen molar-refractivity contribution >= 4 is 5.97 Å². The summed E-state index contributed by atoms with van der Waals surface area (Å²) in [4.78, 5) is 10.9. The third-order valence-corrected chi connectivity index (χ3v) is 3.53. The van der Waals surface area contributed by atoms with E-state index in [1.54, 1.807) is 19.1 Å². The fourth-order valence-corrected chi connectivity index (χ4v) is 2.73. The lowest BCUT2D eigenvalue weighted by atomic mass is 9.90. The molecule has 0 spiro atoms. The maximum absolute atomic E-state index is 10.9. The minimum Gasteiger partial charge on any atom is -0.481 e. The summed E-state index contributed by atoms with van der Waals surface area (Å²) in [5, 5.41) is 27.9. The van der Waals surface area contributed by atoms with Crippen LogP contribution in [-0.4, -0.2) is 53.0 Å². The molecular formula is C14H24O6. The molecule has 6 nitrogen and oxygen atoms in total. The van der Waals surface area contributed by atoms with Gasteiger partial charge in [0.25, 0.3) is 0 Å². The number of rotatable bonds is 8. The van der Waals surface area contributed by atoms with Crippen molar-refractivity contribution in [3.63, 3.8) is 0 Å². The highest BCUT2D eigenvalue weighted by atomic mass is 16.7. The average Bonchev–Trinajstić information content (AvgIpc) is 2.63. The number of carbonyl (C=O) groups is 1. The zero-order valence-electron chi connectivity index (χ0n) is 11.9. The third-order valence-electron chi connectivity index (χ3n) is 3.53. The van der Waals surface area contributed by atoms with Crippen molar-refractivity contribution in [3.05, 3.63) is 12.2 Å². The fourth-order valence-electron chi connectivity index (χ4n) is 2.73. The second-order valence-corrected chi connectivity index (χ2v) is 4.95. The highest BCUT2D eigenvalue weighted by Gasteiger charge is 2.43. The van der Waals surface area contributed by atoms with Gasteiger partial charge in [-0.15, -0.1) is 0 Å². The largest absolute Gasteiger partial charge is 0.481 e. The van der Waals surface area contributed by atoms with Crippen molar-refractivity contribution in [1.82, 2.24) is 0 Å². The number of aliphatic hydroxyl groups is 2. The summed E-state index contributed by atoms with van der Waals surface area (Å²) in [5.41, 5.74) is 0. The summed E-state index contributed by atoms with van der Waals surface area (Å²) >= 11 is 0. The van der Waals surface area contributed by atoms with Crippen LogP contribution in [0.1, 0.15) is 26.7 Å². The van der Waals surface area contributed by atoms with E-state index < -0.39 is 24.3 Å². The van der Waals surface area contributed by atoms with Crippen LogP contribution in [0.15, 0.2) is 12.2 Å². The van der Waals surface area contributed by atoms with E-state index in [1.165, 1.54) is 0 Å². The van der Waals surface area contributed by atoms with Crippen molar-refractivity contribution in [1.29, 1.82) is 0 Å². The minimum absolute atomic E-state index is 0.121. The lowest BCUT2D eigenvalue weighted by Crippen LogP contribution is -2.28. The van der Waals surface area contributed by atoms with Crippen LogP contribution in [-0.2, 0) is 14.3 Å². The van der Waals surface area contributed by atoms with Crippen LogP contribution >= 0.6 is 0 Å². The zero-order valence-corrected chi connectivity index (χ0v) is 11.9. The second-order valence-electron chi connectivity index (χ2n) is 4.95. The van der Waals surface area contributed by atoms with Gasteiger partial charge >= 0.3 is 5.97 Å². The number of hydrogen-bond donors (Lipinski definition) is 3. The van der Waals surface area contributed by atoms with Crippen LogP contribution in [0.3, 0.4) is 0 Å². The molecule has 1 unspecified atom stereocenters. The number of aliphatic hydroxyl groups excluding tert-OH is 2. The first kappa shape index (κ1) is 17.1. The summed E-state index contributed by atoms with van der Waals surface area (Å²) < 4.78 is 11.1. The van der Waals surface area contributed by atoms with Gasteiger partial charge in [-0.3, -0.25) is 4.79 Å². The maximum atomic E-state index is 10.9. The van der Waals surface area contributed by atoms with E-state index in [1.807, 2.05) is 6.92 Å². The van der Waals surface area contributed by atoms with Crippen LogP contribution in [0.2, 0.25) is 0 Å². The van der Waals surface area contributed by atoms with Crippen LogP contribution in [0.5, 0.6) is 0 Å². The first-order valence-corrected chi connectivity index (χ1v) is 6.94. The molecule has 1 aliphatic carbocycles. The minimum atomic E-state index is -0.949. The van der Waals surface area contributed by atoms with E-state index in [0.29, 0.717) is 13.0 Å². The van der Waals surface area contributed by atoms with Gasteiger partial charge in [0.2, 0.25) is 0 Å². The van der Waals surface area contributed by atoms with Crippen molar-refractivity contribution in [2.45, 2.75) is 45.2 Å². The molecule has 0 aromatic carbocycles. The Morgan fingerprint density at radius 2 is 2.20 bits per heavy atom. The van der Waals surface area contributed by atoms with Gasteiger partial charge in [-0.25, -0.2) is 0 Å². The lowest BCUT2D eigenvalue weighted by Gasteiger charge is -2.24. The van der Waals surface area contributed by atoms with Gasteiger partial charge < -0.3 is 24.8 Å². The molecule has 3 N–H and O–H groups in total. The predicted octanol–water partition coefficient (Wildman–Crippen LogP) is 0.774.